The lowest BCUT2D eigenvalue weighted by Crippen LogP contribution is -2.50. The molecule has 1 heterocycles. The average Bonchev–Trinajstić information content (AvgIpc) is 2.67. The third kappa shape index (κ3) is 4.32. The van der Waals surface area contributed by atoms with E-state index in [2.05, 4.69) is 22.8 Å². The van der Waals surface area contributed by atoms with Crippen molar-refractivity contribution < 1.29 is 9.59 Å². The SMILES string of the molecule is O=C(NCCN1CCN(C(=O)CS)CC1)c1cccc2ccccc12. The zero-order valence-electron chi connectivity index (χ0n) is 14.1. The predicted molar refractivity (Wildman–Crippen MR) is 103 cm³/mol. The van der Waals surface area contributed by atoms with Crippen molar-refractivity contribution in [3.63, 3.8) is 0 Å². The number of thiol groups is 1. The molecule has 2 aromatic rings. The van der Waals surface area contributed by atoms with Crippen molar-refractivity contribution >= 4 is 35.2 Å². The summed E-state index contributed by atoms with van der Waals surface area (Å²) in [5.74, 6) is 0.314. The van der Waals surface area contributed by atoms with Gasteiger partial charge in [0.05, 0.1) is 5.75 Å². The summed E-state index contributed by atoms with van der Waals surface area (Å²) in [5.41, 5.74) is 0.710. The van der Waals surface area contributed by atoms with Crippen LogP contribution in [0.25, 0.3) is 10.8 Å². The van der Waals surface area contributed by atoms with Crippen LogP contribution in [0.3, 0.4) is 0 Å². The van der Waals surface area contributed by atoms with Gasteiger partial charge in [0, 0.05) is 44.8 Å². The molecule has 0 radical (unpaired) electrons. The van der Waals surface area contributed by atoms with Crippen LogP contribution in [0.4, 0.5) is 0 Å². The Bertz CT molecular complexity index is 752. The first-order chi connectivity index (χ1) is 12.2. The highest BCUT2D eigenvalue weighted by atomic mass is 32.1. The van der Waals surface area contributed by atoms with E-state index in [4.69, 9.17) is 0 Å². The summed E-state index contributed by atoms with van der Waals surface area (Å²) < 4.78 is 0. The molecular formula is C19H23N3O2S. The van der Waals surface area contributed by atoms with E-state index in [1.807, 2.05) is 47.4 Å². The van der Waals surface area contributed by atoms with E-state index < -0.39 is 0 Å². The number of hydrogen-bond donors (Lipinski definition) is 2. The van der Waals surface area contributed by atoms with E-state index in [9.17, 15) is 9.59 Å². The fourth-order valence-corrected chi connectivity index (χ4v) is 3.37. The zero-order valence-corrected chi connectivity index (χ0v) is 15.0. The Kier molecular flexibility index (Phi) is 5.94. The lowest BCUT2D eigenvalue weighted by molar-refractivity contribution is -0.130. The maximum Gasteiger partial charge on any atom is 0.251 e. The maximum atomic E-state index is 12.5. The van der Waals surface area contributed by atoms with Gasteiger partial charge in [0.1, 0.15) is 0 Å². The minimum atomic E-state index is -0.0410. The third-order valence-electron chi connectivity index (χ3n) is 4.61. The first kappa shape index (κ1) is 17.8. The van der Waals surface area contributed by atoms with Crippen molar-refractivity contribution in [2.75, 3.05) is 45.0 Å². The van der Waals surface area contributed by atoms with Gasteiger partial charge in [-0.1, -0.05) is 36.4 Å². The van der Waals surface area contributed by atoms with E-state index >= 15 is 0 Å². The maximum absolute atomic E-state index is 12.5. The Morgan fingerprint density at radius 1 is 1.00 bits per heavy atom. The van der Waals surface area contributed by atoms with E-state index in [-0.39, 0.29) is 17.6 Å². The summed E-state index contributed by atoms with van der Waals surface area (Å²) in [6.45, 7) is 4.53. The minimum absolute atomic E-state index is 0.0410. The van der Waals surface area contributed by atoms with Crippen molar-refractivity contribution in [1.82, 2.24) is 15.1 Å². The Morgan fingerprint density at radius 3 is 2.48 bits per heavy atom. The van der Waals surface area contributed by atoms with E-state index in [0.717, 1.165) is 43.5 Å². The summed E-state index contributed by atoms with van der Waals surface area (Å²) in [6, 6.07) is 13.7. The van der Waals surface area contributed by atoms with Gasteiger partial charge >= 0.3 is 0 Å². The summed E-state index contributed by atoms with van der Waals surface area (Å²) in [7, 11) is 0. The van der Waals surface area contributed by atoms with Crippen LogP contribution in [-0.4, -0.2) is 66.6 Å². The van der Waals surface area contributed by atoms with Crippen LogP contribution in [0.5, 0.6) is 0 Å². The fraction of sp³-hybridized carbons (Fsp3) is 0.368. The molecule has 1 N–H and O–H groups in total. The summed E-state index contributed by atoms with van der Waals surface area (Å²) in [5, 5.41) is 5.05. The van der Waals surface area contributed by atoms with Crippen molar-refractivity contribution in [2.45, 2.75) is 0 Å². The molecule has 1 fully saturated rings. The molecule has 3 rings (SSSR count). The van der Waals surface area contributed by atoms with Crippen molar-refractivity contribution in [1.29, 1.82) is 0 Å². The lowest BCUT2D eigenvalue weighted by atomic mass is 10.0. The van der Waals surface area contributed by atoms with E-state index in [0.29, 0.717) is 12.1 Å². The standard InChI is InChI=1S/C19H23N3O2S/c23-18(14-25)22-12-10-21(11-13-22)9-8-20-19(24)17-7-3-5-15-4-1-2-6-16(15)17/h1-7,25H,8-14H2,(H,20,24). The van der Waals surface area contributed by atoms with Gasteiger partial charge in [-0.3, -0.25) is 14.5 Å². The van der Waals surface area contributed by atoms with Gasteiger partial charge in [-0.25, -0.2) is 0 Å². The molecule has 1 saturated heterocycles. The Labute approximate surface area is 153 Å². The number of fused-ring (bicyclic) bond motifs is 1. The van der Waals surface area contributed by atoms with Gasteiger partial charge in [-0.2, -0.15) is 12.6 Å². The van der Waals surface area contributed by atoms with Gasteiger partial charge in [0.15, 0.2) is 0 Å². The molecule has 0 saturated carbocycles. The van der Waals surface area contributed by atoms with Gasteiger partial charge in [-0.15, -0.1) is 0 Å². The first-order valence-electron chi connectivity index (χ1n) is 8.56. The second kappa shape index (κ2) is 8.36. The summed E-state index contributed by atoms with van der Waals surface area (Å²) >= 11 is 4.04. The van der Waals surface area contributed by atoms with Crippen LogP contribution in [0.1, 0.15) is 10.4 Å². The number of piperazine rings is 1. The van der Waals surface area contributed by atoms with Crippen LogP contribution in [0.15, 0.2) is 42.5 Å². The Hall–Kier alpha value is -2.05. The number of hydrogen-bond acceptors (Lipinski definition) is 4. The number of carbonyl (C=O) groups is 2. The number of benzene rings is 2. The van der Waals surface area contributed by atoms with Gasteiger partial charge in [-0.05, 0) is 16.8 Å². The minimum Gasteiger partial charge on any atom is -0.351 e. The molecule has 0 spiro atoms. The third-order valence-corrected chi connectivity index (χ3v) is 4.88. The molecule has 2 aromatic carbocycles. The molecule has 0 bridgehead atoms. The molecule has 1 aliphatic rings. The van der Waals surface area contributed by atoms with Gasteiger partial charge in [0.2, 0.25) is 5.91 Å². The highest BCUT2D eigenvalue weighted by molar-refractivity contribution is 7.81. The molecule has 0 aromatic heterocycles. The van der Waals surface area contributed by atoms with Gasteiger partial charge < -0.3 is 10.2 Å². The molecule has 0 unspecified atom stereocenters. The molecule has 2 amide bonds. The summed E-state index contributed by atoms with van der Waals surface area (Å²) in [6.07, 6.45) is 0. The number of rotatable bonds is 5. The smallest absolute Gasteiger partial charge is 0.251 e. The molecular weight excluding hydrogens is 334 g/mol. The van der Waals surface area contributed by atoms with E-state index in [1.165, 1.54) is 0 Å². The van der Waals surface area contributed by atoms with Gasteiger partial charge in [0.25, 0.3) is 5.91 Å². The number of amides is 2. The first-order valence-corrected chi connectivity index (χ1v) is 9.19. The molecule has 0 aliphatic carbocycles. The number of nitrogens with zero attached hydrogens (tertiary/aromatic N) is 2. The monoisotopic (exact) mass is 357 g/mol. The van der Waals surface area contributed by atoms with Crippen LogP contribution < -0.4 is 5.32 Å². The lowest BCUT2D eigenvalue weighted by Gasteiger charge is -2.34. The zero-order chi connectivity index (χ0) is 17.6. The Morgan fingerprint density at radius 2 is 1.72 bits per heavy atom. The fourth-order valence-electron chi connectivity index (χ4n) is 3.17. The quantitative estimate of drug-likeness (QED) is 0.800. The normalized spacial score (nSPS) is 15.3. The molecule has 132 valence electrons. The second-order valence-electron chi connectivity index (χ2n) is 6.16. The summed E-state index contributed by atoms with van der Waals surface area (Å²) in [4.78, 5) is 28.2. The van der Waals surface area contributed by atoms with Crippen molar-refractivity contribution in [3.05, 3.63) is 48.0 Å². The molecule has 6 heteroatoms. The average molecular weight is 357 g/mol. The van der Waals surface area contributed by atoms with Crippen molar-refractivity contribution in [2.24, 2.45) is 0 Å². The number of carbonyl (C=O) groups excluding carboxylic acids is 2. The number of nitrogens with one attached hydrogen (secondary N) is 1. The Balaban J connectivity index is 1.49. The van der Waals surface area contributed by atoms with E-state index in [1.54, 1.807) is 0 Å². The molecule has 1 aliphatic heterocycles. The molecule has 25 heavy (non-hydrogen) atoms. The highest BCUT2D eigenvalue weighted by Gasteiger charge is 2.19. The molecule has 5 nitrogen and oxygen atoms in total. The second-order valence-corrected chi connectivity index (χ2v) is 6.48. The predicted octanol–water partition coefficient (Wildman–Crippen LogP) is 1.64. The van der Waals surface area contributed by atoms with Crippen LogP contribution in [-0.2, 0) is 4.79 Å². The van der Waals surface area contributed by atoms with Crippen LogP contribution >= 0.6 is 12.6 Å². The van der Waals surface area contributed by atoms with Crippen molar-refractivity contribution in [3.8, 4) is 0 Å². The van der Waals surface area contributed by atoms with Crippen LogP contribution in [0, 0.1) is 0 Å². The molecule has 0 atom stereocenters. The topological polar surface area (TPSA) is 52.7 Å². The largest absolute Gasteiger partial charge is 0.351 e. The highest BCUT2D eigenvalue weighted by Crippen LogP contribution is 2.18. The van der Waals surface area contributed by atoms with Crippen LogP contribution in [0.2, 0.25) is 0 Å².